The second-order valence-electron chi connectivity index (χ2n) is 7.93. The maximum absolute atomic E-state index is 12.6. The molecule has 3 aromatic rings. The molecule has 1 aromatic heterocycles. The number of piperazine rings is 1. The zero-order valence-electron chi connectivity index (χ0n) is 18.7. The molecular weight excluding hydrogens is 404 g/mol. The van der Waals surface area contributed by atoms with Gasteiger partial charge in [0.25, 0.3) is 5.91 Å². The van der Waals surface area contributed by atoms with Crippen LogP contribution in [-0.2, 0) is 4.79 Å². The Bertz CT molecular complexity index is 1080. The first-order chi connectivity index (χ1) is 15.5. The van der Waals surface area contributed by atoms with Crippen molar-refractivity contribution in [2.24, 2.45) is 0 Å². The molecule has 2 aromatic carbocycles. The van der Waals surface area contributed by atoms with Gasteiger partial charge < -0.3 is 19.3 Å². The van der Waals surface area contributed by atoms with Crippen molar-refractivity contribution < 1.29 is 14.3 Å². The summed E-state index contributed by atoms with van der Waals surface area (Å²) in [5.41, 5.74) is 3.90. The first-order valence-electron chi connectivity index (χ1n) is 10.7. The Kier molecular flexibility index (Phi) is 6.54. The lowest BCUT2D eigenvalue weighted by Gasteiger charge is -2.35. The number of methoxy groups -OCH3 is 1. The van der Waals surface area contributed by atoms with Crippen LogP contribution >= 0.6 is 0 Å². The number of benzene rings is 2. The van der Waals surface area contributed by atoms with E-state index in [9.17, 15) is 4.79 Å². The highest BCUT2D eigenvalue weighted by molar-refractivity contribution is 5.78. The van der Waals surface area contributed by atoms with Crippen molar-refractivity contribution in [3.05, 3.63) is 65.7 Å². The smallest absolute Gasteiger partial charge is 0.260 e. The van der Waals surface area contributed by atoms with Gasteiger partial charge in [-0.2, -0.15) is 0 Å². The fourth-order valence-electron chi connectivity index (χ4n) is 3.71. The third-order valence-electron chi connectivity index (χ3n) is 5.67. The van der Waals surface area contributed by atoms with E-state index in [2.05, 4.69) is 15.1 Å². The first-order valence-corrected chi connectivity index (χ1v) is 10.7. The van der Waals surface area contributed by atoms with Crippen molar-refractivity contribution in [1.29, 1.82) is 0 Å². The molecule has 4 rings (SSSR count). The van der Waals surface area contributed by atoms with Gasteiger partial charge in [-0.3, -0.25) is 4.79 Å². The van der Waals surface area contributed by atoms with Gasteiger partial charge in [0.1, 0.15) is 11.5 Å². The molecule has 166 valence electrons. The topological polar surface area (TPSA) is 67.8 Å². The number of hydrogen-bond donors (Lipinski definition) is 0. The van der Waals surface area contributed by atoms with Crippen molar-refractivity contribution >= 4 is 11.7 Å². The van der Waals surface area contributed by atoms with Crippen LogP contribution < -0.4 is 14.4 Å². The molecule has 0 atom stereocenters. The molecule has 0 N–H and O–H groups in total. The molecule has 0 saturated carbocycles. The van der Waals surface area contributed by atoms with Crippen molar-refractivity contribution in [1.82, 2.24) is 15.1 Å². The minimum absolute atomic E-state index is 0.00464. The highest BCUT2D eigenvalue weighted by atomic mass is 16.5. The molecule has 0 unspecified atom stereocenters. The number of hydrogen-bond acceptors (Lipinski definition) is 6. The lowest BCUT2D eigenvalue weighted by Crippen LogP contribution is -2.50. The summed E-state index contributed by atoms with van der Waals surface area (Å²) in [6.45, 7) is 6.74. The summed E-state index contributed by atoms with van der Waals surface area (Å²) in [6, 6.07) is 17.7. The Balaban J connectivity index is 1.31. The van der Waals surface area contributed by atoms with Gasteiger partial charge in [0.15, 0.2) is 12.4 Å². The monoisotopic (exact) mass is 432 g/mol. The van der Waals surface area contributed by atoms with Crippen LogP contribution in [-0.4, -0.2) is 60.9 Å². The minimum atomic E-state index is 0.00464. The normalized spacial score (nSPS) is 13.7. The fraction of sp³-hybridized carbons (Fsp3) is 0.320. The van der Waals surface area contributed by atoms with Crippen LogP contribution in [0, 0.1) is 13.8 Å². The zero-order chi connectivity index (χ0) is 22.5. The Morgan fingerprint density at radius 2 is 1.78 bits per heavy atom. The van der Waals surface area contributed by atoms with Crippen LogP contribution in [0.25, 0.3) is 11.3 Å². The lowest BCUT2D eigenvalue weighted by molar-refractivity contribution is -0.133. The summed E-state index contributed by atoms with van der Waals surface area (Å²) >= 11 is 0. The first kappa shape index (κ1) is 21.6. The number of ether oxygens (including phenoxy) is 2. The summed E-state index contributed by atoms with van der Waals surface area (Å²) in [7, 11) is 1.65. The van der Waals surface area contributed by atoms with Gasteiger partial charge in [0.05, 0.1) is 12.8 Å². The number of anilines is 1. The predicted octanol–water partition coefficient (Wildman–Crippen LogP) is 3.50. The number of nitrogens with zero attached hydrogens (tertiary/aromatic N) is 4. The van der Waals surface area contributed by atoms with Gasteiger partial charge in [0, 0.05) is 31.7 Å². The van der Waals surface area contributed by atoms with E-state index in [-0.39, 0.29) is 12.5 Å². The van der Waals surface area contributed by atoms with E-state index in [1.54, 1.807) is 7.11 Å². The summed E-state index contributed by atoms with van der Waals surface area (Å²) in [5, 5.41) is 8.79. The van der Waals surface area contributed by atoms with Crippen molar-refractivity contribution in [2.75, 3.05) is 44.8 Å². The highest BCUT2D eigenvalue weighted by Crippen LogP contribution is 2.23. The van der Waals surface area contributed by atoms with Crippen LogP contribution in [0.5, 0.6) is 11.5 Å². The summed E-state index contributed by atoms with van der Waals surface area (Å²) in [6.07, 6.45) is 0. The van der Waals surface area contributed by atoms with E-state index in [0.29, 0.717) is 26.2 Å². The number of aryl methyl sites for hydroxylation is 2. The average Bonchev–Trinajstić information content (AvgIpc) is 2.84. The zero-order valence-corrected chi connectivity index (χ0v) is 18.7. The molecule has 1 fully saturated rings. The third kappa shape index (κ3) is 4.99. The highest BCUT2D eigenvalue weighted by Gasteiger charge is 2.22. The van der Waals surface area contributed by atoms with Gasteiger partial charge in [-0.25, -0.2) is 0 Å². The van der Waals surface area contributed by atoms with Gasteiger partial charge >= 0.3 is 0 Å². The Morgan fingerprint density at radius 3 is 2.50 bits per heavy atom. The van der Waals surface area contributed by atoms with E-state index in [4.69, 9.17) is 9.47 Å². The maximum Gasteiger partial charge on any atom is 0.260 e. The second-order valence-corrected chi connectivity index (χ2v) is 7.93. The molecule has 0 spiro atoms. The molecule has 1 saturated heterocycles. The number of aromatic nitrogens is 2. The lowest BCUT2D eigenvalue weighted by atomic mass is 10.1. The maximum atomic E-state index is 12.6. The molecule has 7 heteroatoms. The van der Waals surface area contributed by atoms with Crippen LogP contribution in [0.15, 0.2) is 54.6 Å². The van der Waals surface area contributed by atoms with Gasteiger partial charge in [0.2, 0.25) is 0 Å². The Labute approximate surface area is 188 Å². The largest absolute Gasteiger partial charge is 0.497 e. The summed E-state index contributed by atoms with van der Waals surface area (Å²) in [4.78, 5) is 16.6. The molecule has 0 radical (unpaired) electrons. The Hall–Kier alpha value is -3.61. The fourth-order valence-corrected chi connectivity index (χ4v) is 3.71. The number of carbonyl (C=O) groups is 1. The average molecular weight is 433 g/mol. The second kappa shape index (κ2) is 9.68. The van der Waals surface area contributed by atoms with E-state index in [1.165, 1.54) is 0 Å². The van der Waals surface area contributed by atoms with Crippen LogP contribution in [0.4, 0.5) is 5.82 Å². The number of amides is 1. The van der Waals surface area contributed by atoms with Gasteiger partial charge in [-0.15, -0.1) is 10.2 Å². The predicted molar refractivity (Wildman–Crippen MR) is 124 cm³/mol. The summed E-state index contributed by atoms with van der Waals surface area (Å²) in [5.74, 6) is 2.37. The van der Waals surface area contributed by atoms with Crippen LogP contribution in [0.2, 0.25) is 0 Å². The van der Waals surface area contributed by atoms with Crippen LogP contribution in [0.1, 0.15) is 11.1 Å². The van der Waals surface area contributed by atoms with E-state index in [1.807, 2.05) is 73.3 Å². The molecule has 0 aliphatic carbocycles. The van der Waals surface area contributed by atoms with Crippen LogP contribution in [0.3, 0.4) is 0 Å². The van der Waals surface area contributed by atoms with Crippen molar-refractivity contribution in [3.63, 3.8) is 0 Å². The Morgan fingerprint density at radius 1 is 0.969 bits per heavy atom. The van der Waals surface area contributed by atoms with E-state index >= 15 is 0 Å². The molecular formula is C25H28N4O3. The van der Waals surface area contributed by atoms with E-state index in [0.717, 1.165) is 39.7 Å². The molecule has 7 nitrogen and oxygen atoms in total. The quantitative estimate of drug-likeness (QED) is 0.594. The SMILES string of the molecule is COc1cccc(-c2ccc(N3CCN(C(=O)COc4cc(C)ccc4C)CC3)nn2)c1. The van der Waals surface area contributed by atoms with Crippen molar-refractivity contribution in [3.8, 4) is 22.8 Å². The molecule has 32 heavy (non-hydrogen) atoms. The third-order valence-corrected chi connectivity index (χ3v) is 5.67. The van der Waals surface area contributed by atoms with E-state index < -0.39 is 0 Å². The molecule has 2 heterocycles. The molecule has 1 amide bonds. The van der Waals surface area contributed by atoms with Gasteiger partial charge in [-0.1, -0.05) is 24.3 Å². The number of carbonyl (C=O) groups excluding carboxylic acids is 1. The minimum Gasteiger partial charge on any atom is -0.497 e. The number of rotatable bonds is 6. The van der Waals surface area contributed by atoms with Crippen molar-refractivity contribution in [2.45, 2.75) is 13.8 Å². The summed E-state index contributed by atoms with van der Waals surface area (Å²) < 4.78 is 11.1. The molecule has 1 aliphatic heterocycles. The van der Waals surface area contributed by atoms with Gasteiger partial charge in [-0.05, 0) is 55.3 Å². The molecule has 0 bridgehead atoms. The standard InChI is InChI=1S/C25H28N4O3/c1-18-7-8-19(2)23(15-18)32-17-25(30)29-13-11-28(12-14-29)24-10-9-22(26-27-24)20-5-4-6-21(16-20)31-3/h4-10,15-16H,11-14,17H2,1-3H3. The molecule has 1 aliphatic rings.